The zero-order chi connectivity index (χ0) is 14.1. The molecule has 0 unspecified atom stereocenters. The van der Waals surface area contributed by atoms with Crippen LogP contribution in [-0.2, 0) is 19.5 Å². The van der Waals surface area contributed by atoms with Crippen molar-refractivity contribution in [3.8, 4) is 10.6 Å². The molecule has 4 rings (SSSR count). The van der Waals surface area contributed by atoms with Gasteiger partial charge in [0.1, 0.15) is 0 Å². The largest absolute Gasteiger partial charge is 0.355 e. The fourth-order valence-electron chi connectivity index (χ4n) is 2.84. The van der Waals surface area contributed by atoms with E-state index in [4.69, 9.17) is 4.52 Å². The molecule has 3 nitrogen and oxygen atoms in total. The highest BCUT2D eigenvalue weighted by Crippen LogP contribution is 2.26. The topological polar surface area (TPSA) is 29.3 Å². The molecule has 0 saturated heterocycles. The van der Waals surface area contributed by atoms with E-state index in [1.807, 2.05) is 6.07 Å². The number of nitrogens with zero attached hydrogens (tertiary/aromatic N) is 2. The molecule has 0 bridgehead atoms. The first-order valence-corrected chi connectivity index (χ1v) is 8.05. The van der Waals surface area contributed by atoms with E-state index < -0.39 is 0 Å². The monoisotopic (exact) mass is 296 g/mol. The van der Waals surface area contributed by atoms with E-state index in [1.54, 1.807) is 11.3 Å². The number of rotatable bonds is 3. The molecule has 106 valence electrons. The number of hydrogen-bond donors (Lipinski definition) is 0. The smallest absolute Gasteiger partial charge is 0.177 e. The highest BCUT2D eigenvalue weighted by Gasteiger charge is 2.17. The predicted molar refractivity (Wildman–Crippen MR) is 84.1 cm³/mol. The van der Waals surface area contributed by atoms with Crippen molar-refractivity contribution in [2.75, 3.05) is 6.54 Å². The van der Waals surface area contributed by atoms with Crippen molar-refractivity contribution >= 4 is 11.3 Å². The van der Waals surface area contributed by atoms with Crippen molar-refractivity contribution in [1.29, 1.82) is 0 Å². The summed E-state index contributed by atoms with van der Waals surface area (Å²) in [5, 5.41) is 6.27. The number of hydrogen-bond acceptors (Lipinski definition) is 4. The number of thiophene rings is 1. The highest BCUT2D eigenvalue weighted by molar-refractivity contribution is 7.13. The minimum absolute atomic E-state index is 0.850. The Morgan fingerprint density at radius 2 is 2.05 bits per heavy atom. The van der Waals surface area contributed by atoms with Gasteiger partial charge in [0.2, 0.25) is 0 Å². The molecule has 4 heteroatoms. The molecule has 1 aliphatic rings. The minimum Gasteiger partial charge on any atom is -0.355 e. The van der Waals surface area contributed by atoms with Gasteiger partial charge in [0.25, 0.3) is 0 Å². The van der Waals surface area contributed by atoms with E-state index in [2.05, 4.69) is 51.8 Å². The molecule has 3 aromatic rings. The summed E-state index contributed by atoms with van der Waals surface area (Å²) in [6, 6.07) is 14.9. The normalized spacial score (nSPS) is 15.0. The van der Waals surface area contributed by atoms with Gasteiger partial charge in [-0.1, -0.05) is 35.5 Å². The Kier molecular flexibility index (Phi) is 3.33. The van der Waals surface area contributed by atoms with E-state index in [0.29, 0.717) is 0 Å². The molecule has 0 spiro atoms. The fraction of sp³-hybridized carbons (Fsp3) is 0.235. The average molecular weight is 296 g/mol. The Hall–Kier alpha value is -1.91. The molecule has 3 heterocycles. The number of aromatic nitrogens is 1. The minimum atomic E-state index is 0.850. The van der Waals surface area contributed by atoms with Gasteiger partial charge in [-0.15, -0.1) is 11.3 Å². The summed E-state index contributed by atoms with van der Waals surface area (Å²) in [6.45, 7) is 2.93. The van der Waals surface area contributed by atoms with Gasteiger partial charge in [-0.25, -0.2) is 0 Å². The van der Waals surface area contributed by atoms with E-state index in [0.717, 1.165) is 42.4 Å². The third kappa shape index (κ3) is 2.64. The van der Waals surface area contributed by atoms with Crippen LogP contribution in [0.1, 0.15) is 16.8 Å². The highest BCUT2D eigenvalue weighted by atomic mass is 32.1. The second kappa shape index (κ2) is 5.47. The van der Waals surface area contributed by atoms with Crippen molar-refractivity contribution in [2.24, 2.45) is 0 Å². The summed E-state index contributed by atoms with van der Waals surface area (Å²) in [6.07, 6.45) is 1.12. The van der Waals surface area contributed by atoms with Gasteiger partial charge in [0.15, 0.2) is 5.76 Å². The van der Waals surface area contributed by atoms with Crippen molar-refractivity contribution < 1.29 is 4.52 Å². The Morgan fingerprint density at radius 3 is 2.90 bits per heavy atom. The van der Waals surface area contributed by atoms with Crippen LogP contribution in [0.15, 0.2) is 52.4 Å². The molecule has 0 N–H and O–H groups in total. The average Bonchev–Trinajstić information content (AvgIpc) is 3.18. The van der Waals surface area contributed by atoms with E-state index in [1.165, 1.54) is 11.1 Å². The fourth-order valence-corrected chi connectivity index (χ4v) is 3.51. The van der Waals surface area contributed by atoms with Crippen LogP contribution in [0.25, 0.3) is 10.6 Å². The lowest BCUT2D eigenvalue weighted by atomic mass is 10.00. The molecule has 0 saturated carbocycles. The van der Waals surface area contributed by atoms with Gasteiger partial charge in [-0.2, -0.15) is 0 Å². The van der Waals surface area contributed by atoms with E-state index >= 15 is 0 Å². The Bertz CT molecular complexity index is 733. The Balaban J connectivity index is 1.48. The van der Waals surface area contributed by atoms with Gasteiger partial charge in [0, 0.05) is 25.7 Å². The molecule has 21 heavy (non-hydrogen) atoms. The zero-order valence-electron chi connectivity index (χ0n) is 11.7. The predicted octanol–water partition coefficient (Wildman–Crippen LogP) is 3.96. The van der Waals surface area contributed by atoms with Crippen LogP contribution in [0.5, 0.6) is 0 Å². The molecule has 0 amide bonds. The van der Waals surface area contributed by atoms with E-state index in [-0.39, 0.29) is 0 Å². The van der Waals surface area contributed by atoms with Gasteiger partial charge < -0.3 is 4.52 Å². The second-order valence-corrected chi connectivity index (χ2v) is 6.34. The first kappa shape index (κ1) is 12.8. The lowest BCUT2D eigenvalue weighted by molar-refractivity contribution is 0.238. The van der Waals surface area contributed by atoms with Crippen molar-refractivity contribution in [3.63, 3.8) is 0 Å². The first-order chi connectivity index (χ1) is 10.4. The van der Waals surface area contributed by atoms with Crippen molar-refractivity contribution in [3.05, 3.63) is 64.7 Å². The molecule has 0 atom stereocenters. The van der Waals surface area contributed by atoms with Crippen LogP contribution in [0.2, 0.25) is 0 Å². The van der Waals surface area contributed by atoms with Crippen LogP contribution in [-0.4, -0.2) is 16.6 Å². The molecule has 1 aliphatic heterocycles. The molecule has 0 fully saturated rings. The SMILES string of the molecule is c1csc(-c2cc(CN3CCc4ccccc4C3)no2)c1. The maximum absolute atomic E-state index is 5.45. The third-order valence-corrected chi connectivity index (χ3v) is 4.80. The Morgan fingerprint density at radius 1 is 1.14 bits per heavy atom. The van der Waals surface area contributed by atoms with Crippen molar-refractivity contribution in [1.82, 2.24) is 10.1 Å². The summed E-state index contributed by atoms with van der Waals surface area (Å²) in [4.78, 5) is 3.57. The number of benzene rings is 1. The lowest BCUT2D eigenvalue weighted by Crippen LogP contribution is -2.30. The molecular weight excluding hydrogens is 280 g/mol. The second-order valence-electron chi connectivity index (χ2n) is 5.39. The van der Waals surface area contributed by atoms with Crippen LogP contribution < -0.4 is 0 Å². The van der Waals surface area contributed by atoms with Crippen LogP contribution in [0.4, 0.5) is 0 Å². The van der Waals surface area contributed by atoms with Crippen molar-refractivity contribution in [2.45, 2.75) is 19.5 Å². The van der Waals surface area contributed by atoms with Gasteiger partial charge >= 0.3 is 0 Å². The van der Waals surface area contributed by atoms with Gasteiger partial charge in [-0.3, -0.25) is 4.90 Å². The van der Waals surface area contributed by atoms with E-state index in [9.17, 15) is 0 Å². The van der Waals surface area contributed by atoms with Crippen LogP contribution in [0, 0.1) is 0 Å². The lowest BCUT2D eigenvalue weighted by Gasteiger charge is -2.27. The quantitative estimate of drug-likeness (QED) is 0.732. The Labute approximate surface area is 127 Å². The molecular formula is C17H16N2OS. The zero-order valence-corrected chi connectivity index (χ0v) is 12.5. The molecule has 0 aliphatic carbocycles. The molecule has 0 radical (unpaired) electrons. The van der Waals surface area contributed by atoms with Gasteiger partial charge in [-0.05, 0) is 29.0 Å². The first-order valence-electron chi connectivity index (χ1n) is 7.17. The summed E-state index contributed by atoms with van der Waals surface area (Å²) in [5.74, 6) is 0.873. The summed E-state index contributed by atoms with van der Waals surface area (Å²) < 4.78 is 5.45. The van der Waals surface area contributed by atoms with Crippen LogP contribution >= 0.6 is 11.3 Å². The van der Waals surface area contributed by atoms with Crippen LogP contribution in [0.3, 0.4) is 0 Å². The summed E-state index contributed by atoms with van der Waals surface area (Å²) in [7, 11) is 0. The maximum Gasteiger partial charge on any atom is 0.177 e. The van der Waals surface area contributed by atoms with Gasteiger partial charge in [0.05, 0.1) is 10.6 Å². The molecule has 1 aromatic carbocycles. The summed E-state index contributed by atoms with van der Waals surface area (Å²) >= 11 is 1.68. The number of fused-ring (bicyclic) bond motifs is 1. The summed E-state index contributed by atoms with van der Waals surface area (Å²) in [5.41, 5.74) is 3.93. The molecule has 2 aromatic heterocycles. The standard InChI is InChI=1S/C17H16N2OS/c1-2-5-14-11-19(8-7-13(14)4-1)12-15-10-16(20-18-15)17-6-3-9-21-17/h1-6,9-10H,7-8,11-12H2. The maximum atomic E-state index is 5.45. The third-order valence-electron chi connectivity index (χ3n) is 3.92.